The Morgan fingerprint density at radius 2 is 1.96 bits per heavy atom. The molecule has 1 aromatic carbocycles. The maximum absolute atomic E-state index is 11.6. The minimum atomic E-state index is -0.0157. The standard InChI is InChI=1S/C17H22ClN5OS/c1-11-16(12-5-7-13(18)8-6-12)22-14(25-11)9-20-17(19-2)21-10-15(24)23(3)4/h5-8H,9-10H2,1-4H3,(H2,19,20,21). The summed E-state index contributed by atoms with van der Waals surface area (Å²) in [5.41, 5.74) is 2.01. The molecule has 0 unspecified atom stereocenters. The van der Waals surface area contributed by atoms with Crippen LogP contribution in [0.3, 0.4) is 0 Å². The molecule has 0 spiro atoms. The van der Waals surface area contributed by atoms with Crippen LogP contribution in [-0.2, 0) is 11.3 Å². The molecule has 134 valence electrons. The highest BCUT2D eigenvalue weighted by Gasteiger charge is 2.11. The molecule has 0 aliphatic carbocycles. The number of hydrogen-bond acceptors (Lipinski definition) is 4. The number of carbonyl (C=O) groups excluding carboxylic acids is 1. The van der Waals surface area contributed by atoms with E-state index in [0.29, 0.717) is 17.5 Å². The normalized spacial score (nSPS) is 11.3. The minimum absolute atomic E-state index is 0.0157. The number of aryl methyl sites for hydroxylation is 1. The van der Waals surface area contributed by atoms with E-state index in [1.807, 2.05) is 31.2 Å². The second kappa shape index (κ2) is 8.82. The highest BCUT2D eigenvalue weighted by molar-refractivity contribution is 7.12. The van der Waals surface area contributed by atoms with E-state index in [-0.39, 0.29) is 12.5 Å². The first-order valence-electron chi connectivity index (χ1n) is 7.77. The first-order chi connectivity index (χ1) is 11.9. The first kappa shape index (κ1) is 19.2. The van der Waals surface area contributed by atoms with Crippen molar-refractivity contribution in [1.82, 2.24) is 20.5 Å². The largest absolute Gasteiger partial charge is 0.350 e. The number of halogens is 1. The molecular weight excluding hydrogens is 358 g/mol. The number of nitrogens with one attached hydrogen (secondary N) is 2. The van der Waals surface area contributed by atoms with Crippen LogP contribution in [0, 0.1) is 6.92 Å². The molecule has 0 aliphatic rings. The molecule has 0 bridgehead atoms. The van der Waals surface area contributed by atoms with Gasteiger partial charge in [-0.15, -0.1) is 11.3 Å². The van der Waals surface area contributed by atoms with Crippen molar-refractivity contribution in [3.05, 3.63) is 39.2 Å². The smallest absolute Gasteiger partial charge is 0.241 e. The summed E-state index contributed by atoms with van der Waals surface area (Å²) in [6.45, 7) is 2.78. The zero-order chi connectivity index (χ0) is 18.4. The number of likely N-dealkylation sites (N-methyl/N-ethyl adjacent to an activating group) is 1. The zero-order valence-corrected chi connectivity index (χ0v) is 16.3. The van der Waals surface area contributed by atoms with Gasteiger partial charge >= 0.3 is 0 Å². The Bertz CT molecular complexity index is 755. The van der Waals surface area contributed by atoms with Gasteiger partial charge in [0, 0.05) is 36.6 Å². The van der Waals surface area contributed by atoms with Gasteiger partial charge in [-0.3, -0.25) is 9.79 Å². The lowest BCUT2D eigenvalue weighted by Crippen LogP contribution is -2.42. The highest BCUT2D eigenvalue weighted by atomic mass is 35.5. The number of hydrogen-bond donors (Lipinski definition) is 2. The van der Waals surface area contributed by atoms with Gasteiger partial charge < -0.3 is 15.5 Å². The van der Waals surface area contributed by atoms with E-state index < -0.39 is 0 Å². The fraction of sp³-hybridized carbons (Fsp3) is 0.353. The number of benzene rings is 1. The summed E-state index contributed by atoms with van der Waals surface area (Å²) in [5.74, 6) is 0.550. The Kier molecular flexibility index (Phi) is 6.78. The summed E-state index contributed by atoms with van der Waals surface area (Å²) in [6.07, 6.45) is 0. The average Bonchev–Trinajstić information content (AvgIpc) is 2.96. The van der Waals surface area contributed by atoms with Crippen LogP contribution in [0.25, 0.3) is 11.3 Å². The summed E-state index contributed by atoms with van der Waals surface area (Å²) < 4.78 is 0. The lowest BCUT2D eigenvalue weighted by Gasteiger charge is -2.13. The number of amides is 1. The van der Waals surface area contributed by atoms with Crippen LogP contribution in [0.2, 0.25) is 5.02 Å². The van der Waals surface area contributed by atoms with Crippen molar-refractivity contribution in [2.45, 2.75) is 13.5 Å². The Hall–Kier alpha value is -2.12. The van der Waals surface area contributed by atoms with Gasteiger partial charge in [-0.05, 0) is 19.1 Å². The molecule has 2 N–H and O–H groups in total. The lowest BCUT2D eigenvalue weighted by molar-refractivity contribution is -0.127. The topological polar surface area (TPSA) is 69.6 Å². The summed E-state index contributed by atoms with van der Waals surface area (Å²) in [4.78, 5) is 23.1. The third kappa shape index (κ3) is 5.44. The van der Waals surface area contributed by atoms with Crippen LogP contribution in [0.1, 0.15) is 9.88 Å². The van der Waals surface area contributed by atoms with Gasteiger partial charge in [0.2, 0.25) is 5.91 Å². The average molecular weight is 380 g/mol. The summed E-state index contributed by atoms with van der Waals surface area (Å²) >= 11 is 7.57. The van der Waals surface area contributed by atoms with Crippen molar-refractivity contribution in [2.75, 3.05) is 27.7 Å². The minimum Gasteiger partial charge on any atom is -0.350 e. The molecule has 8 heteroatoms. The molecule has 1 heterocycles. The SMILES string of the molecule is CN=C(NCC(=O)N(C)C)NCc1nc(-c2ccc(Cl)cc2)c(C)s1. The Morgan fingerprint density at radius 1 is 1.28 bits per heavy atom. The number of nitrogens with zero attached hydrogens (tertiary/aromatic N) is 3. The number of aromatic nitrogens is 1. The van der Waals surface area contributed by atoms with E-state index in [1.54, 1.807) is 32.5 Å². The Labute approximate surface area is 156 Å². The van der Waals surface area contributed by atoms with Gasteiger partial charge in [0.15, 0.2) is 5.96 Å². The first-order valence-corrected chi connectivity index (χ1v) is 8.97. The number of carbonyl (C=O) groups is 1. The van der Waals surface area contributed by atoms with Crippen molar-refractivity contribution < 1.29 is 4.79 Å². The van der Waals surface area contributed by atoms with Gasteiger partial charge in [0.05, 0.1) is 18.8 Å². The molecule has 2 rings (SSSR count). The van der Waals surface area contributed by atoms with E-state index in [9.17, 15) is 4.79 Å². The molecule has 0 aliphatic heterocycles. The van der Waals surface area contributed by atoms with Gasteiger partial charge in [-0.25, -0.2) is 4.98 Å². The molecule has 25 heavy (non-hydrogen) atoms. The van der Waals surface area contributed by atoms with Crippen LogP contribution < -0.4 is 10.6 Å². The van der Waals surface area contributed by atoms with E-state index in [1.165, 1.54) is 4.90 Å². The van der Waals surface area contributed by atoms with E-state index in [0.717, 1.165) is 21.1 Å². The monoisotopic (exact) mass is 379 g/mol. The fourth-order valence-corrected chi connectivity index (χ4v) is 3.12. The summed E-state index contributed by atoms with van der Waals surface area (Å²) in [7, 11) is 5.11. The van der Waals surface area contributed by atoms with Crippen molar-refractivity contribution in [2.24, 2.45) is 4.99 Å². The Balaban J connectivity index is 1.98. The molecule has 0 fully saturated rings. The van der Waals surface area contributed by atoms with Crippen LogP contribution in [0.15, 0.2) is 29.3 Å². The number of aliphatic imine (C=N–C) groups is 1. The van der Waals surface area contributed by atoms with Gasteiger partial charge in [-0.2, -0.15) is 0 Å². The number of thiazole rings is 1. The predicted molar refractivity (Wildman–Crippen MR) is 104 cm³/mol. The molecular formula is C17H22ClN5OS. The number of guanidine groups is 1. The lowest BCUT2D eigenvalue weighted by atomic mass is 10.1. The highest BCUT2D eigenvalue weighted by Crippen LogP contribution is 2.28. The number of rotatable bonds is 5. The fourth-order valence-electron chi connectivity index (χ4n) is 2.10. The van der Waals surface area contributed by atoms with Crippen LogP contribution >= 0.6 is 22.9 Å². The molecule has 1 amide bonds. The van der Waals surface area contributed by atoms with Gasteiger partial charge in [0.1, 0.15) is 5.01 Å². The molecule has 0 radical (unpaired) electrons. The predicted octanol–water partition coefficient (Wildman–Crippen LogP) is 2.53. The van der Waals surface area contributed by atoms with Crippen molar-refractivity contribution >= 4 is 34.8 Å². The Morgan fingerprint density at radius 3 is 2.56 bits per heavy atom. The maximum atomic E-state index is 11.6. The van der Waals surface area contributed by atoms with Crippen molar-refractivity contribution in [3.63, 3.8) is 0 Å². The van der Waals surface area contributed by atoms with Crippen molar-refractivity contribution in [1.29, 1.82) is 0 Å². The quantitative estimate of drug-likeness (QED) is 0.618. The summed E-state index contributed by atoms with van der Waals surface area (Å²) in [6, 6.07) is 7.66. The van der Waals surface area contributed by atoms with E-state index >= 15 is 0 Å². The molecule has 0 atom stereocenters. The zero-order valence-electron chi connectivity index (χ0n) is 14.8. The third-order valence-corrected chi connectivity index (χ3v) is 4.72. The maximum Gasteiger partial charge on any atom is 0.241 e. The van der Waals surface area contributed by atoms with E-state index in [2.05, 4.69) is 15.6 Å². The van der Waals surface area contributed by atoms with Crippen LogP contribution in [-0.4, -0.2) is 49.4 Å². The molecule has 2 aromatic rings. The molecule has 6 nitrogen and oxygen atoms in total. The second-order valence-corrected chi connectivity index (χ2v) is 7.31. The van der Waals surface area contributed by atoms with Gasteiger partial charge in [0.25, 0.3) is 0 Å². The van der Waals surface area contributed by atoms with Gasteiger partial charge in [-0.1, -0.05) is 23.7 Å². The molecule has 0 saturated heterocycles. The molecule has 1 aromatic heterocycles. The van der Waals surface area contributed by atoms with E-state index in [4.69, 9.17) is 16.6 Å². The second-order valence-electron chi connectivity index (χ2n) is 5.59. The molecule has 0 saturated carbocycles. The summed E-state index contributed by atoms with van der Waals surface area (Å²) in [5, 5.41) is 7.82. The van der Waals surface area contributed by atoms with Crippen molar-refractivity contribution in [3.8, 4) is 11.3 Å². The van der Waals surface area contributed by atoms with Crippen LogP contribution in [0.4, 0.5) is 0 Å². The third-order valence-electron chi connectivity index (χ3n) is 3.50. The van der Waals surface area contributed by atoms with Crippen LogP contribution in [0.5, 0.6) is 0 Å².